The molecule has 0 saturated carbocycles. The van der Waals surface area contributed by atoms with Crippen LogP contribution in [0.3, 0.4) is 0 Å². The molecule has 0 aliphatic heterocycles. The quantitative estimate of drug-likeness (QED) is 0.229. The molecule has 8 rings (SSSR count). The van der Waals surface area contributed by atoms with Gasteiger partial charge in [-0.05, 0) is 62.7 Å². The molecule has 0 spiro atoms. The molecule has 2 heteroatoms. The predicted molar refractivity (Wildman–Crippen MR) is 170 cm³/mol. The van der Waals surface area contributed by atoms with Gasteiger partial charge in [0.2, 0.25) is 0 Å². The predicted octanol–water partition coefficient (Wildman–Crippen LogP) is 10.3. The first-order valence-corrected chi connectivity index (χ1v) is 13.9. The molecule has 0 radical (unpaired) electrons. The topological polar surface area (TPSA) is 20.3 Å². The molecule has 0 unspecified atom stereocenters. The van der Waals surface area contributed by atoms with Crippen molar-refractivity contribution in [2.24, 2.45) is 0 Å². The number of benzene rings is 7. The van der Waals surface area contributed by atoms with E-state index < -0.39 is 0 Å². The summed E-state index contributed by atoms with van der Waals surface area (Å²) in [6.07, 6.45) is 0. The van der Waals surface area contributed by atoms with Crippen molar-refractivity contribution in [1.82, 2.24) is 0 Å². The highest BCUT2D eigenvalue weighted by molar-refractivity contribution is 6.25. The highest BCUT2D eigenvalue weighted by atomic mass is 16.1. The maximum atomic E-state index is 13.9. The first kappa shape index (κ1) is 23.4. The minimum Gasteiger partial charge on any atom is -0.309 e. The molecule has 7 aromatic rings. The van der Waals surface area contributed by atoms with Gasteiger partial charge < -0.3 is 4.90 Å². The molecule has 0 heterocycles. The van der Waals surface area contributed by atoms with E-state index in [1.165, 1.54) is 16.3 Å². The van der Waals surface area contributed by atoms with Crippen LogP contribution in [0.1, 0.15) is 15.9 Å². The van der Waals surface area contributed by atoms with Crippen LogP contribution in [0.15, 0.2) is 152 Å². The Kier molecular flexibility index (Phi) is 5.33. The van der Waals surface area contributed by atoms with Crippen molar-refractivity contribution < 1.29 is 4.79 Å². The first-order valence-electron chi connectivity index (χ1n) is 13.9. The largest absolute Gasteiger partial charge is 0.309 e. The summed E-state index contributed by atoms with van der Waals surface area (Å²) < 4.78 is 0. The average molecular weight is 524 g/mol. The van der Waals surface area contributed by atoms with Crippen LogP contribution in [-0.2, 0) is 0 Å². The van der Waals surface area contributed by atoms with Gasteiger partial charge in [-0.2, -0.15) is 0 Å². The summed E-state index contributed by atoms with van der Waals surface area (Å²) in [7, 11) is 0. The summed E-state index contributed by atoms with van der Waals surface area (Å²) in [4.78, 5) is 16.1. The molecule has 0 saturated heterocycles. The van der Waals surface area contributed by atoms with Crippen LogP contribution in [0.4, 0.5) is 17.1 Å². The highest BCUT2D eigenvalue weighted by Gasteiger charge is 2.31. The summed E-state index contributed by atoms with van der Waals surface area (Å²) in [6, 6.07) is 52.6. The van der Waals surface area contributed by atoms with Gasteiger partial charge in [-0.1, -0.05) is 127 Å². The maximum Gasteiger partial charge on any atom is 0.196 e. The minimum atomic E-state index is 0.0730. The van der Waals surface area contributed by atoms with Gasteiger partial charge in [-0.25, -0.2) is 0 Å². The Morgan fingerprint density at radius 1 is 0.390 bits per heavy atom. The third kappa shape index (κ3) is 3.69. The standard InChI is InChI=1S/C39H25NO/c41-39-35-17-6-5-16-33(35)34-19-9-21-37(38(34)39)40(36-20-8-13-27-11-2-4-15-32(27)36)29-24-22-28(23-25-29)31-18-7-12-26-10-1-3-14-30(26)31/h1-25H. The SMILES string of the molecule is O=C1c2ccccc2-c2cccc(N(c3ccc(-c4cccc5ccccc45)cc3)c3cccc4ccccc34)c21. The van der Waals surface area contributed by atoms with Gasteiger partial charge in [-0.15, -0.1) is 0 Å². The lowest BCUT2D eigenvalue weighted by atomic mass is 9.97. The number of ketones is 1. The first-order chi connectivity index (χ1) is 20.3. The van der Waals surface area contributed by atoms with Gasteiger partial charge in [0.25, 0.3) is 0 Å². The smallest absolute Gasteiger partial charge is 0.196 e. The fourth-order valence-electron chi connectivity index (χ4n) is 6.32. The molecule has 0 aromatic heterocycles. The number of fused-ring (bicyclic) bond motifs is 5. The van der Waals surface area contributed by atoms with E-state index in [4.69, 9.17) is 0 Å². The second kappa shape index (κ2) is 9.32. The van der Waals surface area contributed by atoms with Gasteiger partial charge in [0.15, 0.2) is 5.78 Å². The van der Waals surface area contributed by atoms with Crippen LogP contribution in [-0.4, -0.2) is 5.78 Å². The maximum absolute atomic E-state index is 13.9. The molecule has 0 N–H and O–H groups in total. The number of nitrogens with zero attached hydrogens (tertiary/aromatic N) is 1. The molecular formula is C39H25NO. The van der Waals surface area contributed by atoms with Crippen molar-refractivity contribution in [2.45, 2.75) is 0 Å². The van der Waals surface area contributed by atoms with E-state index in [0.717, 1.165) is 55.7 Å². The zero-order chi connectivity index (χ0) is 27.3. The van der Waals surface area contributed by atoms with Gasteiger partial charge in [0.1, 0.15) is 0 Å². The van der Waals surface area contributed by atoms with Crippen LogP contribution in [0, 0.1) is 0 Å². The van der Waals surface area contributed by atoms with E-state index in [-0.39, 0.29) is 5.78 Å². The van der Waals surface area contributed by atoms with Gasteiger partial charge in [-0.3, -0.25) is 4.79 Å². The Balaban J connectivity index is 1.34. The summed E-state index contributed by atoms with van der Waals surface area (Å²) >= 11 is 0. The zero-order valence-corrected chi connectivity index (χ0v) is 22.3. The highest BCUT2D eigenvalue weighted by Crippen LogP contribution is 2.47. The van der Waals surface area contributed by atoms with Gasteiger partial charge in [0, 0.05) is 16.6 Å². The Morgan fingerprint density at radius 2 is 0.927 bits per heavy atom. The van der Waals surface area contributed by atoms with E-state index in [9.17, 15) is 4.79 Å². The van der Waals surface area contributed by atoms with E-state index in [2.05, 4.69) is 132 Å². The number of carbonyl (C=O) groups is 1. The number of hydrogen-bond acceptors (Lipinski definition) is 2. The van der Waals surface area contributed by atoms with Crippen LogP contribution in [0.5, 0.6) is 0 Å². The molecule has 0 fully saturated rings. The van der Waals surface area contributed by atoms with Crippen molar-refractivity contribution in [3.63, 3.8) is 0 Å². The zero-order valence-electron chi connectivity index (χ0n) is 22.3. The van der Waals surface area contributed by atoms with Crippen LogP contribution in [0.25, 0.3) is 43.8 Å². The second-order valence-electron chi connectivity index (χ2n) is 10.5. The summed E-state index contributed by atoms with van der Waals surface area (Å²) in [5, 5.41) is 4.75. The molecular weight excluding hydrogens is 498 g/mol. The van der Waals surface area contributed by atoms with Crippen molar-refractivity contribution in [2.75, 3.05) is 4.90 Å². The molecule has 41 heavy (non-hydrogen) atoms. The molecule has 0 atom stereocenters. The average Bonchev–Trinajstić information content (AvgIpc) is 3.34. The van der Waals surface area contributed by atoms with Crippen molar-refractivity contribution in [3.05, 3.63) is 163 Å². The summed E-state index contributed by atoms with van der Waals surface area (Å²) in [6.45, 7) is 0. The van der Waals surface area contributed by atoms with Gasteiger partial charge >= 0.3 is 0 Å². The third-order valence-corrected chi connectivity index (χ3v) is 8.21. The van der Waals surface area contributed by atoms with E-state index in [1.807, 2.05) is 24.3 Å². The van der Waals surface area contributed by atoms with Crippen LogP contribution in [0.2, 0.25) is 0 Å². The van der Waals surface area contributed by atoms with E-state index in [0.29, 0.717) is 0 Å². The third-order valence-electron chi connectivity index (χ3n) is 8.21. The number of carbonyl (C=O) groups excluding carboxylic acids is 1. The van der Waals surface area contributed by atoms with Crippen molar-refractivity contribution in [1.29, 1.82) is 0 Å². The van der Waals surface area contributed by atoms with Gasteiger partial charge in [0.05, 0.1) is 16.9 Å². The van der Waals surface area contributed by atoms with E-state index in [1.54, 1.807) is 0 Å². The number of rotatable bonds is 4. The van der Waals surface area contributed by atoms with Crippen molar-refractivity contribution in [3.8, 4) is 22.3 Å². The Morgan fingerprint density at radius 3 is 1.73 bits per heavy atom. The summed E-state index contributed by atoms with van der Waals surface area (Å²) in [5.74, 6) is 0.0730. The monoisotopic (exact) mass is 523 g/mol. The fourth-order valence-corrected chi connectivity index (χ4v) is 6.32. The molecule has 7 aromatic carbocycles. The Hall–Kier alpha value is -5.47. The number of anilines is 3. The van der Waals surface area contributed by atoms with Crippen LogP contribution >= 0.6 is 0 Å². The van der Waals surface area contributed by atoms with Crippen molar-refractivity contribution >= 4 is 44.4 Å². The molecule has 2 nitrogen and oxygen atoms in total. The summed E-state index contributed by atoms with van der Waals surface area (Å²) in [5.41, 5.74) is 8.79. The second-order valence-corrected chi connectivity index (χ2v) is 10.5. The minimum absolute atomic E-state index is 0.0730. The molecule has 1 aliphatic carbocycles. The lowest BCUT2D eigenvalue weighted by Gasteiger charge is -2.28. The van der Waals surface area contributed by atoms with E-state index >= 15 is 0 Å². The molecule has 0 amide bonds. The molecule has 0 bridgehead atoms. The Bertz CT molecular complexity index is 2110. The fraction of sp³-hybridized carbons (Fsp3) is 0. The molecule has 192 valence electrons. The lowest BCUT2D eigenvalue weighted by molar-refractivity contribution is 0.104. The Labute approximate surface area is 238 Å². The van der Waals surface area contributed by atoms with Crippen LogP contribution < -0.4 is 4.90 Å². The molecule has 1 aliphatic rings. The number of hydrogen-bond donors (Lipinski definition) is 0. The lowest BCUT2D eigenvalue weighted by Crippen LogP contribution is -2.14. The normalized spacial score (nSPS) is 12.0.